The van der Waals surface area contributed by atoms with Crippen molar-refractivity contribution in [2.75, 3.05) is 31.5 Å². The van der Waals surface area contributed by atoms with Gasteiger partial charge in [-0.1, -0.05) is 83.3 Å². The second-order valence-corrected chi connectivity index (χ2v) is 11.6. The molecule has 1 N–H and O–H groups in total. The quantitative estimate of drug-likeness (QED) is 0.194. The molecule has 1 aromatic heterocycles. The van der Waals surface area contributed by atoms with Gasteiger partial charge in [0, 0.05) is 53.2 Å². The van der Waals surface area contributed by atoms with E-state index in [1.807, 2.05) is 60.7 Å². The maximum atomic E-state index is 6.21. The molecule has 4 aromatic carbocycles. The van der Waals surface area contributed by atoms with Crippen LogP contribution in [0.15, 0.2) is 97.1 Å². The molecule has 1 fully saturated rings. The molecule has 5 aromatic rings. The van der Waals surface area contributed by atoms with Crippen molar-refractivity contribution < 1.29 is 0 Å². The van der Waals surface area contributed by atoms with E-state index in [4.69, 9.17) is 44.8 Å². The van der Waals surface area contributed by atoms with Crippen LogP contribution in [0.3, 0.4) is 0 Å². The van der Waals surface area contributed by atoms with Crippen LogP contribution in [0.4, 0.5) is 5.82 Å². The number of hydrogen-bond acceptors (Lipinski definition) is 5. The van der Waals surface area contributed by atoms with Crippen LogP contribution in [-0.4, -0.2) is 45.9 Å². The molecular formula is C33H30Cl3N5. The zero-order chi connectivity index (χ0) is 28.2. The minimum absolute atomic E-state index is 0.130. The highest BCUT2D eigenvalue weighted by atomic mass is 35.5. The van der Waals surface area contributed by atoms with Gasteiger partial charge in [-0.2, -0.15) is 0 Å². The summed E-state index contributed by atoms with van der Waals surface area (Å²) < 4.78 is 0. The van der Waals surface area contributed by atoms with Gasteiger partial charge in [0.1, 0.15) is 11.6 Å². The molecule has 0 spiro atoms. The van der Waals surface area contributed by atoms with Gasteiger partial charge in [-0.15, -0.1) is 0 Å². The topological polar surface area (TPSA) is 44.3 Å². The molecule has 0 unspecified atom stereocenters. The van der Waals surface area contributed by atoms with Gasteiger partial charge in [0.15, 0.2) is 0 Å². The number of para-hydroxylation sites is 1. The Morgan fingerprint density at radius 2 is 1.34 bits per heavy atom. The van der Waals surface area contributed by atoms with Gasteiger partial charge < -0.3 is 5.32 Å². The molecule has 0 aliphatic carbocycles. The Kier molecular flexibility index (Phi) is 8.70. The number of nitrogens with one attached hydrogen (secondary N) is 1. The molecule has 0 bridgehead atoms. The van der Waals surface area contributed by atoms with Gasteiger partial charge in [0.25, 0.3) is 0 Å². The van der Waals surface area contributed by atoms with E-state index in [2.05, 4.69) is 51.5 Å². The number of hydrogen-bond donors (Lipinski definition) is 1. The summed E-state index contributed by atoms with van der Waals surface area (Å²) in [5.41, 5.74) is 4.49. The molecule has 1 aliphatic heterocycles. The summed E-state index contributed by atoms with van der Waals surface area (Å²) in [7, 11) is 0. The summed E-state index contributed by atoms with van der Waals surface area (Å²) in [6.07, 6.45) is 0. The minimum atomic E-state index is 0.130. The molecule has 2 heterocycles. The monoisotopic (exact) mass is 601 g/mol. The number of halogens is 3. The summed E-state index contributed by atoms with van der Waals surface area (Å²) in [4.78, 5) is 14.8. The third-order valence-electron chi connectivity index (χ3n) is 7.51. The van der Waals surface area contributed by atoms with E-state index in [-0.39, 0.29) is 6.04 Å². The molecule has 208 valence electrons. The van der Waals surface area contributed by atoms with Crippen LogP contribution in [0.25, 0.3) is 10.9 Å². The van der Waals surface area contributed by atoms with E-state index in [1.54, 1.807) is 0 Å². The van der Waals surface area contributed by atoms with Crippen LogP contribution in [0.2, 0.25) is 15.1 Å². The highest BCUT2D eigenvalue weighted by Gasteiger charge is 2.27. The first-order valence-electron chi connectivity index (χ1n) is 13.7. The fraction of sp³-hybridized carbons (Fsp3) is 0.212. The van der Waals surface area contributed by atoms with Crippen molar-refractivity contribution in [3.05, 3.63) is 135 Å². The van der Waals surface area contributed by atoms with Crippen molar-refractivity contribution in [3.63, 3.8) is 0 Å². The number of fused-ring (bicyclic) bond motifs is 1. The van der Waals surface area contributed by atoms with Crippen molar-refractivity contribution in [1.29, 1.82) is 0 Å². The van der Waals surface area contributed by atoms with Crippen LogP contribution in [0.1, 0.15) is 28.6 Å². The van der Waals surface area contributed by atoms with Gasteiger partial charge in [0.05, 0.1) is 18.1 Å². The predicted molar refractivity (Wildman–Crippen MR) is 170 cm³/mol. The summed E-state index contributed by atoms with van der Waals surface area (Å²) in [6.45, 7) is 5.00. The predicted octanol–water partition coefficient (Wildman–Crippen LogP) is 8.11. The first-order valence-corrected chi connectivity index (χ1v) is 14.9. The van der Waals surface area contributed by atoms with E-state index >= 15 is 0 Å². The second-order valence-electron chi connectivity index (χ2n) is 10.3. The van der Waals surface area contributed by atoms with Crippen molar-refractivity contribution in [3.8, 4) is 0 Å². The normalized spacial score (nSPS) is 14.5. The molecule has 0 saturated carbocycles. The second kappa shape index (κ2) is 12.8. The molecule has 0 atom stereocenters. The van der Waals surface area contributed by atoms with E-state index in [0.29, 0.717) is 13.1 Å². The maximum absolute atomic E-state index is 6.21. The highest BCUT2D eigenvalue weighted by Crippen LogP contribution is 2.31. The molecule has 8 heteroatoms. The van der Waals surface area contributed by atoms with Crippen LogP contribution in [-0.2, 0) is 13.1 Å². The Balaban J connectivity index is 1.17. The zero-order valence-electron chi connectivity index (χ0n) is 22.5. The van der Waals surface area contributed by atoms with E-state index in [0.717, 1.165) is 69.4 Å². The van der Waals surface area contributed by atoms with Gasteiger partial charge in [-0.05, 0) is 65.2 Å². The van der Waals surface area contributed by atoms with E-state index < -0.39 is 0 Å². The van der Waals surface area contributed by atoms with Crippen molar-refractivity contribution >= 4 is 51.5 Å². The van der Waals surface area contributed by atoms with E-state index in [9.17, 15) is 0 Å². The maximum Gasteiger partial charge on any atom is 0.145 e. The standard InChI is InChI=1S/C33H30Cl3N5/c34-26-12-8-24(9-13-26)32(25-10-14-27(35)15-11-25)41-18-16-40(17-19-41)22-31-38-30-7-2-1-6-29(30)33(39-31)37-21-23-4-3-5-28(36)20-23/h1-15,20,32H,16-19,21-22H2,(H,37,38,39). The van der Waals surface area contributed by atoms with Gasteiger partial charge in [-0.25, -0.2) is 9.97 Å². The van der Waals surface area contributed by atoms with Gasteiger partial charge >= 0.3 is 0 Å². The number of rotatable bonds is 8. The largest absolute Gasteiger partial charge is 0.365 e. The average molecular weight is 603 g/mol. The SMILES string of the molecule is Clc1ccc(C(c2ccc(Cl)cc2)N2CCN(Cc3nc(NCc4cccc(Cl)c4)c4ccccc4n3)CC2)cc1. The van der Waals surface area contributed by atoms with Crippen molar-refractivity contribution in [1.82, 2.24) is 19.8 Å². The first-order chi connectivity index (χ1) is 20.0. The smallest absolute Gasteiger partial charge is 0.145 e. The zero-order valence-corrected chi connectivity index (χ0v) is 24.7. The van der Waals surface area contributed by atoms with Crippen molar-refractivity contribution in [2.24, 2.45) is 0 Å². The fourth-order valence-electron chi connectivity index (χ4n) is 5.45. The molecular weight excluding hydrogens is 573 g/mol. The summed E-state index contributed by atoms with van der Waals surface area (Å²) in [5, 5.41) is 6.74. The molecule has 1 aliphatic rings. The Labute approximate surface area is 255 Å². The third-order valence-corrected chi connectivity index (χ3v) is 8.25. The molecule has 0 amide bonds. The average Bonchev–Trinajstić information content (AvgIpc) is 2.99. The lowest BCUT2D eigenvalue weighted by atomic mass is 9.96. The Hall–Kier alpha value is -3.19. The van der Waals surface area contributed by atoms with Gasteiger partial charge in [-0.3, -0.25) is 9.80 Å². The lowest BCUT2D eigenvalue weighted by Crippen LogP contribution is -2.47. The number of piperazine rings is 1. The highest BCUT2D eigenvalue weighted by molar-refractivity contribution is 6.31. The van der Waals surface area contributed by atoms with Crippen LogP contribution in [0, 0.1) is 0 Å². The number of anilines is 1. The summed E-state index contributed by atoms with van der Waals surface area (Å²) in [6, 6.07) is 32.5. The molecule has 1 saturated heterocycles. The molecule has 5 nitrogen and oxygen atoms in total. The minimum Gasteiger partial charge on any atom is -0.365 e. The third kappa shape index (κ3) is 6.83. The van der Waals surface area contributed by atoms with Gasteiger partial charge in [0.2, 0.25) is 0 Å². The Bertz CT molecular complexity index is 1570. The fourth-order valence-corrected chi connectivity index (χ4v) is 5.91. The number of nitrogens with zero attached hydrogens (tertiary/aromatic N) is 4. The Morgan fingerprint density at radius 1 is 0.683 bits per heavy atom. The van der Waals surface area contributed by atoms with Crippen LogP contribution >= 0.6 is 34.8 Å². The lowest BCUT2D eigenvalue weighted by Gasteiger charge is -2.39. The van der Waals surface area contributed by atoms with Crippen LogP contribution in [0.5, 0.6) is 0 Å². The molecule has 41 heavy (non-hydrogen) atoms. The van der Waals surface area contributed by atoms with Crippen molar-refractivity contribution in [2.45, 2.75) is 19.1 Å². The lowest BCUT2D eigenvalue weighted by molar-refractivity contribution is 0.103. The summed E-state index contributed by atoms with van der Waals surface area (Å²) in [5.74, 6) is 1.66. The summed E-state index contributed by atoms with van der Waals surface area (Å²) >= 11 is 18.6. The van der Waals surface area contributed by atoms with Crippen LogP contribution < -0.4 is 5.32 Å². The molecule has 6 rings (SSSR count). The Morgan fingerprint density at radius 3 is 2.00 bits per heavy atom. The number of aromatic nitrogens is 2. The first kappa shape index (κ1) is 28.0. The molecule has 0 radical (unpaired) electrons. The van der Waals surface area contributed by atoms with E-state index in [1.165, 1.54) is 11.1 Å². The number of benzene rings is 4.